The van der Waals surface area contributed by atoms with Crippen molar-refractivity contribution in [3.63, 3.8) is 0 Å². The van der Waals surface area contributed by atoms with E-state index >= 15 is 0 Å². The van der Waals surface area contributed by atoms with Crippen LogP contribution in [0.4, 0.5) is 4.39 Å². The van der Waals surface area contributed by atoms with Gasteiger partial charge in [0, 0.05) is 19.0 Å². The first-order valence-corrected chi connectivity index (χ1v) is 8.61. The fraction of sp³-hybridized carbons (Fsp3) is 0.421. The molecule has 0 saturated heterocycles. The first kappa shape index (κ1) is 19.8. The molecule has 0 amide bonds. The summed E-state index contributed by atoms with van der Waals surface area (Å²) in [6.45, 7) is 1.29. The minimum Gasteiger partial charge on any atom is -0.469 e. The normalized spacial score (nSPS) is 15.0. The van der Waals surface area contributed by atoms with Gasteiger partial charge in [-0.2, -0.15) is 0 Å². The van der Waals surface area contributed by atoms with Gasteiger partial charge in [-0.05, 0) is 42.7 Å². The molecule has 1 aromatic carbocycles. The highest BCUT2D eigenvalue weighted by atomic mass is 127. The van der Waals surface area contributed by atoms with Gasteiger partial charge in [0.25, 0.3) is 0 Å². The molecule has 1 saturated carbocycles. The van der Waals surface area contributed by atoms with E-state index in [1.54, 1.807) is 18.4 Å². The fourth-order valence-corrected chi connectivity index (χ4v) is 2.94. The van der Waals surface area contributed by atoms with Crippen LogP contribution in [0.1, 0.15) is 37.0 Å². The van der Waals surface area contributed by atoms with Crippen LogP contribution in [0.15, 0.2) is 52.1 Å². The summed E-state index contributed by atoms with van der Waals surface area (Å²) in [5.41, 5.74) is 0.995. The Balaban J connectivity index is 0.00000225. The molecule has 1 aromatic heterocycles. The maximum atomic E-state index is 13.0. The zero-order valence-corrected chi connectivity index (χ0v) is 16.5. The number of hydrogen-bond donors (Lipinski definition) is 2. The van der Waals surface area contributed by atoms with E-state index in [0.717, 1.165) is 30.2 Å². The van der Waals surface area contributed by atoms with Crippen molar-refractivity contribution in [1.29, 1.82) is 0 Å². The first-order valence-electron chi connectivity index (χ1n) is 8.61. The molecule has 0 bridgehead atoms. The van der Waals surface area contributed by atoms with Crippen molar-refractivity contribution in [3.8, 4) is 0 Å². The van der Waals surface area contributed by atoms with Crippen LogP contribution in [-0.4, -0.2) is 18.5 Å². The van der Waals surface area contributed by atoms with Crippen LogP contribution in [0.25, 0.3) is 0 Å². The van der Waals surface area contributed by atoms with Gasteiger partial charge in [0.05, 0.1) is 12.8 Å². The van der Waals surface area contributed by atoms with Gasteiger partial charge in [-0.3, -0.25) is 0 Å². The summed E-state index contributed by atoms with van der Waals surface area (Å²) < 4.78 is 18.3. The molecule has 0 spiro atoms. The lowest BCUT2D eigenvalue weighted by Gasteiger charge is -2.17. The van der Waals surface area contributed by atoms with E-state index in [2.05, 4.69) is 15.6 Å². The SMILES string of the molecule is Fc1ccc(CN=C(NCCc2ccco2)NC2CCCC2)cc1.I. The third-order valence-corrected chi connectivity index (χ3v) is 4.27. The average Bonchev–Trinajstić information content (AvgIpc) is 3.27. The quantitative estimate of drug-likeness (QED) is 0.387. The van der Waals surface area contributed by atoms with Crippen LogP contribution < -0.4 is 10.6 Å². The van der Waals surface area contributed by atoms with E-state index in [1.165, 1.54) is 37.8 Å². The predicted octanol–water partition coefficient (Wildman–Crippen LogP) is 4.26. The van der Waals surface area contributed by atoms with Crippen molar-refractivity contribution < 1.29 is 8.81 Å². The number of halogens is 2. The van der Waals surface area contributed by atoms with Crippen LogP contribution >= 0.6 is 24.0 Å². The van der Waals surface area contributed by atoms with Crippen molar-refractivity contribution in [1.82, 2.24) is 10.6 Å². The molecule has 2 aromatic rings. The van der Waals surface area contributed by atoms with E-state index in [0.29, 0.717) is 12.6 Å². The molecular formula is C19H25FIN3O. The second kappa shape index (κ2) is 10.4. The lowest BCUT2D eigenvalue weighted by atomic mass is 10.2. The van der Waals surface area contributed by atoms with Gasteiger partial charge in [-0.25, -0.2) is 9.38 Å². The summed E-state index contributed by atoms with van der Waals surface area (Å²) in [6, 6.07) is 10.9. The summed E-state index contributed by atoms with van der Waals surface area (Å²) in [5.74, 6) is 1.56. The highest BCUT2D eigenvalue weighted by Crippen LogP contribution is 2.17. The van der Waals surface area contributed by atoms with E-state index in [-0.39, 0.29) is 29.8 Å². The zero-order chi connectivity index (χ0) is 16.6. The Morgan fingerprint density at radius 1 is 1.16 bits per heavy atom. The van der Waals surface area contributed by atoms with E-state index in [4.69, 9.17) is 4.42 Å². The largest absolute Gasteiger partial charge is 0.469 e. The Morgan fingerprint density at radius 3 is 2.60 bits per heavy atom. The molecule has 136 valence electrons. The summed E-state index contributed by atoms with van der Waals surface area (Å²) in [6.07, 6.45) is 7.43. The number of nitrogens with one attached hydrogen (secondary N) is 2. The van der Waals surface area contributed by atoms with E-state index < -0.39 is 0 Å². The standard InChI is InChI=1S/C19H24FN3O.HI/c20-16-9-7-15(8-10-16)14-22-19(23-17-4-1-2-5-17)21-12-11-18-6-3-13-24-18;/h3,6-10,13,17H,1-2,4-5,11-12,14H2,(H2,21,22,23);1H. The summed E-state index contributed by atoms with van der Waals surface area (Å²) in [4.78, 5) is 4.65. The second-order valence-electron chi connectivity index (χ2n) is 6.17. The number of benzene rings is 1. The number of guanidine groups is 1. The average molecular weight is 457 g/mol. The third kappa shape index (κ3) is 6.68. The third-order valence-electron chi connectivity index (χ3n) is 4.27. The Morgan fingerprint density at radius 2 is 1.92 bits per heavy atom. The van der Waals surface area contributed by atoms with Crippen LogP contribution in [0.5, 0.6) is 0 Å². The highest BCUT2D eigenvalue weighted by molar-refractivity contribution is 14.0. The molecule has 0 atom stereocenters. The Bertz CT molecular complexity index is 637. The number of rotatable bonds is 6. The topological polar surface area (TPSA) is 49.6 Å². The first-order chi connectivity index (χ1) is 11.8. The molecule has 1 fully saturated rings. The molecule has 1 aliphatic carbocycles. The van der Waals surface area contributed by atoms with Crippen molar-refractivity contribution in [2.24, 2.45) is 4.99 Å². The number of hydrogen-bond acceptors (Lipinski definition) is 2. The molecule has 3 rings (SSSR count). The summed E-state index contributed by atoms with van der Waals surface area (Å²) >= 11 is 0. The minimum atomic E-state index is -0.219. The smallest absolute Gasteiger partial charge is 0.191 e. The molecule has 1 heterocycles. The van der Waals surface area contributed by atoms with Crippen molar-refractivity contribution in [2.75, 3.05) is 6.54 Å². The number of nitrogens with zero attached hydrogens (tertiary/aromatic N) is 1. The molecule has 0 unspecified atom stereocenters. The van der Waals surface area contributed by atoms with Crippen LogP contribution in [0.3, 0.4) is 0 Å². The molecule has 25 heavy (non-hydrogen) atoms. The molecular weight excluding hydrogens is 432 g/mol. The van der Waals surface area contributed by atoms with Gasteiger partial charge in [0.15, 0.2) is 5.96 Å². The monoisotopic (exact) mass is 457 g/mol. The molecule has 0 radical (unpaired) electrons. The van der Waals surface area contributed by atoms with Gasteiger partial charge in [0.1, 0.15) is 11.6 Å². The Kier molecular flexibility index (Phi) is 8.24. The van der Waals surface area contributed by atoms with Crippen LogP contribution in [0.2, 0.25) is 0 Å². The van der Waals surface area contributed by atoms with Crippen LogP contribution in [0, 0.1) is 5.82 Å². The fourth-order valence-electron chi connectivity index (χ4n) is 2.94. The molecule has 1 aliphatic rings. The zero-order valence-electron chi connectivity index (χ0n) is 14.2. The van der Waals surface area contributed by atoms with Crippen molar-refractivity contribution in [3.05, 3.63) is 59.8 Å². The highest BCUT2D eigenvalue weighted by Gasteiger charge is 2.16. The maximum absolute atomic E-state index is 13.0. The second-order valence-corrected chi connectivity index (χ2v) is 6.17. The van der Waals surface area contributed by atoms with Crippen LogP contribution in [-0.2, 0) is 13.0 Å². The lowest BCUT2D eigenvalue weighted by Crippen LogP contribution is -2.43. The summed E-state index contributed by atoms with van der Waals surface area (Å²) in [5, 5.41) is 6.88. The predicted molar refractivity (Wildman–Crippen MR) is 109 cm³/mol. The molecule has 4 nitrogen and oxygen atoms in total. The van der Waals surface area contributed by atoms with Gasteiger partial charge in [-0.15, -0.1) is 24.0 Å². The molecule has 2 N–H and O–H groups in total. The summed E-state index contributed by atoms with van der Waals surface area (Å²) in [7, 11) is 0. The van der Waals surface area contributed by atoms with Crippen molar-refractivity contribution in [2.45, 2.75) is 44.7 Å². The van der Waals surface area contributed by atoms with Gasteiger partial charge < -0.3 is 15.1 Å². The van der Waals surface area contributed by atoms with Gasteiger partial charge in [0.2, 0.25) is 0 Å². The van der Waals surface area contributed by atoms with Gasteiger partial charge in [-0.1, -0.05) is 25.0 Å². The van der Waals surface area contributed by atoms with E-state index in [1.807, 2.05) is 12.1 Å². The van der Waals surface area contributed by atoms with Crippen molar-refractivity contribution >= 4 is 29.9 Å². The Labute approximate surface area is 165 Å². The maximum Gasteiger partial charge on any atom is 0.191 e. The van der Waals surface area contributed by atoms with E-state index in [9.17, 15) is 4.39 Å². The molecule has 6 heteroatoms. The van der Waals surface area contributed by atoms with Gasteiger partial charge >= 0.3 is 0 Å². The number of aliphatic imine (C=N–C) groups is 1. The lowest BCUT2D eigenvalue weighted by molar-refractivity contribution is 0.506. The number of furan rings is 1. The molecule has 0 aliphatic heterocycles. The minimum absolute atomic E-state index is 0. The Hall–Kier alpha value is -1.57.